The van der Waals surface area contributed by atoms with E-state index in [0.717, 1.165) is 31.4 Å². The van der Waals surface area contributed by atoms with Crippen molar-refractivity contribution >= 4 is 11.3 Å². The van der Waals surface area contributed by atoms with E-state index in [1.165, 1.54) is 5.01 Å². The van der Waals surface area contributed by atoms with Crippen LogP contribution in [0.25, 0.3) is 0 Å². The minimum Gasteiger partial charge on any atom is -0.372 e. The number of thiazole rings is 1. The highest BCUT2D eigenvalue weighted by Crippen LogP contribution is 2.23. The number of ether oxygens (including phenoxy) is 1. The Kier molecular flexibility index (Phi) is 4.54. The van der Waals surface area contributed by atoms with E-state index in [9.17, 15) is 0 Å². The zero-order valence-electron chi connectivity index (χ0n) is 10.7. The van der Waals surface area contributed by atoms with Crippen molar-refractivity contribution in [3.63, 3.8) is 0 Å². The SMILES string of the molecule is CC(C)c1nc(COC2CCC(N)CC2)cs1. The van der Waals surface area contributed by atoms with Crippen LogP contribution >= 0.6 is 11.3 Å². The van der Waals surface area contributed by atoms with Crippen molar-refractivity contribution in [2.24, 2.45) is 5.73 Å². The van der Waals surface area contributed by atoms with Crippen molar-refractivity contribution < 1.29 is 4.74 Å². The lowest BCUT2D eigenvalue weighted by molar-refractivity contribution is 0.0124. The molecular formula is C13H22N2OS. The fourth-order valence-electron chi connectivity index (χ4n) is 2.11. The molecule has 0 atom stereocenters. The van der Waals surface area contributed by atoms with Crippen LogP contribution in [-0.4, -0.2) is 17.1 Å². The van der Waals surface area contributed by atoms with Gasteiger partial charge in [-0.15, -0.1) is 11.3 Å². The average Bonchev–Trinajstić information content (AvgIpc) is 2.77. The van der Waals surface area contributed by atoms with Gasteiger partial charge in [-0.3, -0.25) is 0 Å². The van der Waals surface area contributed by atoms with Gasteiger partial charge < -0.3 is 10.5 Å². The molecule has 1 aromatic heterocycles. The molecule has 2 rings (SSSR count). The Labute approximate surface area is 107 Å². The Balaban J connectivity index is 1.77. The van der Waals surface area contributed by atoms with Crippen LogP contribution in [0.4, 0.5) is 0 Å². The molecule has 96 valence electrons. The van der Waals surface area contributed by atoms with Crippen LogP contribution in [0.2, 0.25) is 0 Å². The molecule has 0 aliphatic heterocycles. The summed E-state index contributed by atoms with van der Waals surface area (Å²) in [5, 5.41) is 3.32. The topological polar surface area (TPSA) is 48.1 Å². The van der Waals surface area contributed by atoms with Crippen LogP contribution in [0.3, 0.4) is 0 Å². The van der Waals surface area contributed by atoms with Gasteiger partial charge >= 0.3 is 0 Å². The monoisotopic (exact) mass is 254 g/mol. The molecular weight excluding hydrogens is 232 g/mol. The molecule has 17 heavy (non-hydrogen) atoms. The Bertz CT molecular complexity index is 343. The zero-order valence-corrected chi connectivity index (χ0v) is 11.5. The molecule has 4 heteroatoms. The molecule has 0 amide bonds. The van der Waals surface area contributed by atoms with Crippen LogP contribution in [0.5, 0.6) is 0 Å². The van der Waals surface area contributed by atoms with Gasteiger partial charge in [0, 0.05) is 17.3 Å². The van der Waals surface area contributed by atoms with Crippen LogP contribution in [0.15, 0.2) is 5.38 Å². The van der Waals surface area contributed by atoms with Crippen molar-refractivity contribution in [2.45, 2.75) is 64.2 Å². The fourth-order valence-corrected chi connectivity index (χ4v) is 2.93. The van der Waals surface area contributed by atoms with Gasteiger partial charge in [-0.2, -0.15) is 0 Å². The minimum atomic E-state index is 0.388. The lowest BCUT2D eigenvalue weighted by Gasteiger charge is -2.25. The zero-order chi connectivity index (χ0) is 12.3. The molecule has 0 aromatic carbocycles. The summed E-state index contributed by atoms with van der Waals surface area (Å²) in [5.41, 5.74) is 6.95. The number of nitrogens with two attached hydrogens (primary N) is 1. The predicted octanol–water partition coefficient (Wildman–Crippen LogP) is 3.05. The van der Waals surface area contributed by atoms with Crippen molar-refractivity contribution in [3.8, 4) is 0 Å². The van der Waals surface area contributed by atoms with Gasteiger partial charge in [0.15, 0.2) is 0 Å². The minimum absolute atomic E-state index is 0.388. The second-order valence-corrected chi connectivity index (χ2v) is 6.07. The van der Waals surface area contributed by atoms with Crippen LogP contribution in [0, 0.1) is 0 Å². The second-order valence-electron chi connectivity index (χ2n) is 5.18. The van der Waals surface area contributed by atoms with Gasteiger partial charge in [0.1, 0.15) is 0 Å². The van der Waals surface area contributed by atoms with Crippen molar-refractivity contribution in [1.82, 2.24) is 4.98 Å². The third-order valence-corrected chi connectivity index (χ3v) is 4.44. The molecule has 0 unspecified atom stereocenters. The van der Waals surface area contributed by atoms with Crippen molar-refractivity contribution in [2.75, 3.05) is 0 Å². The molecule has 1 fully saturated rings. The molecule has 1 aliphatic carbocycles. The maximum absolute atomic E-state index is 5.90. The average molecular weight is 254 g/mol. The Morgan fingerprint density at radius 2 is 2.12 bits per heavy atom. The van der Waals surface area contributed by atoms with E-state index in [-0.39, 0.29) is 0 Å². The lowest BCUT2D eigenvalue weighted by atomic mass is 9.94. The van der Waals surface area contributed by atoms with E-state index >= 15 is 0 Å². The number of hydrogen-bond acceptors (Lipinski definition) is 4. The van der Waals surface area contributed by atoms with E-state index in [0.29, 0.717) is 24.7 Å². The Morgan fingerprint density at radius 3 is 2.71 bits per heavy atom. The summed E-state index contributed by atoms with van der Waals surface area (Å²) in [4.78, 5) is 4.58. The summed E-state index contributed by atoms with van der Waals surface area (Å²) in [6, 6.07) is 0.390. The molecule has 3 nitrogen and oxygen atoms in total. The predicted molar refractivity (Wildman–Crippen MR) is 71.2 cm³/mol. The molecule has 1 saturated carbocycles. The van der Waals surface area contributed by atoms with Gasteiger partial charge in [0.05, 0.1) is 23.4 Å². The summed E-state index contributed by atoms with van der Waals surface area (Å²) in [6.45, 7) is 5.00. The highest BCUT2D eigenvalue weighted by molar-refractivity contribution is 7.09. The molecule has 1 aliphatic rings. The van der Waals surface area contributed by atoms with Crippen LogP contribution in [0.1, 0.15) is 56.2 Å². The smallest absolute Gasteiger partial charge is 0.0954 e. The van der Waals surface area contributed by atoms with E-state index in [4.69, 9.17) is 10.5 Å². The van der Waals surface area contributed by atoms with Gasteiger partial charge in [0.2, 0.25) is 0 Å². The first-order valence-corrected chi connectivity index (χ1v) is 7.34. The lowest BCUT2D eigenvalue weighted by Crippen LogP contribution is -2.30. The van der Waals surface area contributed by atoms with Crippen LogP contribution < -0.4 is 5.73 Å². The number of nitrogens with zero attached hydrogens (tertiary/aromatic N) is 1. The third-order valence-electron chi connectivity index (χ3n) is 3.25. The van der Waals surface area contributed by atoms with Crippen molar-refractivity contribution in [1.29, 1.82) is 0 Å². The third kappa shape index (κ3) is 3.76. The molecule has 1 heterocycles. The Hall–Kier alpha value is -0.450. The summed E-state index contributed by atoms with van der Waals surface area (Å²) in [7, 11) is 0. The van der Waals surface area contributed by atoms with Gasteiger partial charge in [-0.25, -0.2) is 4.98 Å². The second kappa shape index (κ2) is 5.94. The summed E-state index contributed by atoms with van der Waals surface area (Å²) >= 11 is 1.73. The quantitative estimate of drug-likeness (QED) is 0.898. The maximum atomic E-state index is 5.90. The van der Waals surface area contributed by atoms with Crippen molar-refractivity contribution in [3.05, 3.63) is 16.1 Å². The van der Waals surface area contributed by atoms with Gasteiger partial charge in [0.25, 0.3) is 0 Å². The highest BCUT2D eigenvalue weighted by atomic mass is 32.1. The van der Waals surface area contributed by atoms with Gasteiger partial charge in [-0.1, -0.05) is 13.8 Å². The van der Waals surface area contributed by atoms with E-state index in [1.807, 2.05) is 0 Å². The highest BCUT2D eigenvalue weighted by Gasteiger charge is 2.19. The largest absolute Gasteiger partial charge is 0.372 e. The first-order chi connectivity index (χ1) is 8.15. The van der Waals surface area contributed by atoms with Crippen LogP contribution in [-0.2, 0) is 11.3 Å². The summed E-state index contributed by atoms with van der Waals surface area (Å²) in [6.07, 6.45) is 4.78. The Morgan fingerprint density at radius 1 is 1.41 bits per heavy atom. The normalized spacial score (nSPS) is 25.4. The van der Waals surface area contributed by atoms with E-state index in [2.05, 4.69) is 24.2 Å². The fraction of sp³-hybridized carbons (Fsp3) is 0.769. The molecule has 2 N–H and O–H groups in total. The maximum Gasteiger partial charge on any atom is 0.0954 e. The summed E-state index contributed by atoms with van der Waals surface area (Å²) < 4.78 is 5.90. The first kappa shape index (κ1) is 13.0. The molecule has 1 aromatic rings. The summed E-state index contributed by atoms with van der Waals surface area (Å²) in [5.74, 6) is 0.515. The molecule has 0 saturated heterocycles. The molecule has 0 radical (unpaired) electrons. The molecule has 0 spiro atoms. The molecule has 0 bridgehead atoms. The first-order valence-electron chi connectivity index (χ1n) is 6.46. The number of hydrogen-bond donors (Lipinski definition) is 1. The standard InChI is InChI=1S/C13H22N2OS/c1-9(2)13-15-11(8-17-13)7-16-12-5-3-10(14)4-6-12/h8-10,12H,3-7,14H2,1-2H3. The van der Waals surface area contributed by atoms with E-state index in [1.54, 1.807) is 11.3 Å². The van der Waals surface area contributed by atoms with E-state index < -0.39 is 0 Å². The number of rotatable bonds is 4. The number of aromatic nitrogens is 1. The van der Waals surface area contributed by atoms with Gasteiger partial charge in [-0.05, 0) is 25.7 Å².